The van der Waals surface area contributed by atoms with Gasteiger partial charge in [0.1, 0.15) is 0 Å². The van der Waals surface area contributed by atoms with Crippen LogP contribution in [0.3, 0.4) is 0 Å². The second-order valence-corrected chi connectivity index (χ2v) is 6.62. The Balaban J connectivity index is 2.79. The lowest BCUT2D eigenvalue weighted by Gasteiger charge is -2.42. The second kappa shape index (κ2) is 7.28. The van der Waals surface area contributed by atoms with E-state index in [1.54, 1.807) is 0 Å². The van der Waals surface area contributed by atoms with Gasteiger partial charge in [-0.15, -0.1) is 0 Å². The molecule has 3 nitrogen and oxygen atoms in total. The molecular formula is C16H32N2O. The highest BCUT2D eigenvalue weighted by Crippen LogP contribution is 2.31. The van der Waals surface area contributed by atoms with Crippen LogP contribution in [0, 0.1) is 5.41 Å². The molecule has 112 valence electrons. The van der Waals surface area contributed by atoms with Crippen molar-refractivity contribution in [3.05, 3.63) is 0 Å². The predicted octanol–water partition coefficient (Wildman–Crippen LogP) is 3.19. The van der Waals surface area contributed by atoms with Crippen molar-refractivity contribution in [2.24, 2.45) is 5.41 Å². The summed E-state index contributed by atoms with van der Waals surface area (Å²) in [6.07, 6.45) is 5.58. The fourth-order valence-corrected chi connectivity index (χ4v) is 2.90. The number of hydrogen-bond donors (Lipinski definition) is 1. The van der Waals surface area contributed by atoms with Crippen LogP contribution in [0.1, 0.15) is 66.7 Å². The molecule has 2 atom stereocenters. The fourth-order valence-electron chi connectivity index (χ4n) is 2.90. The summed E-state index contributed by atoms with van der Waals surface area (Å²) in [6.45, 7) is 12.8. The van der Waals surface area contributed by atoms with Crippen LogP contribution in [-0.2, 0) is 4.79 Å². The van der Waals surface area contributed by atoms with Gasteiger partial charge >= 0.3 is 0 Å². The van der Waals surface area contributed by atoms with Crippen LogP contribution in [0.5, 0.6) is 0 Å². The largest absolute Gasteiger partial charge is 0.339 e. The first-order valence-electron chi connectivity index (χ1n) is 7.98. The third-order valence-corrected chi connectivity index (χ3v) is 4.53. The maximum Gasteiger partial charge on any atom is 0.240 e. The molecule has 1 amide bonds. The minimum Gasteiger partial charge on any atom is -0.339 e. The fraction of sp³-hybridized carbons (Fsp3) is 0.938. The Kier molecular flexibility index (Phi) is 6.31. The molecule has 0 aromatic heterocycles. The van der Waals surface area contributed by atoms with Crippen molar-refractivity contribution in [3.63, 3.8) is 0 Å². The number of rotatable bonds is 6. The van der Waals surface area contributed by atoms with Gasteiger partial charge in [-0.3, -0.25) is 4.79 Å². The smallest absolute Gasteiger partial charge is 0.240 e. The van der Waals surface area contributed by atoms with Crippen molar-refractivity contribution >= 4 is 5.91 Å². The molecule has 0 radical (unpaired) electrons. The SMILES string of the molecule is CCCCN(C(=O)C1NCCCC1(C)C)C(C)CC. The van der Waals surface area contributed by atoms with Crippen LogP contribution in [0.2, 0.25) is 0 Å². The predicted molar refractivity (Wildman–Crippen MR) is 81.2 cm³/mol. The number of carbonyl (C=O) groups is 1. The number of carbonyl (C=O) groups excluding carboxylic acids is 1. The third kappa shape index (κ3) is 4.20. The molecule has 1 N–H and O–H groups in total. The normalized spacial score (nSPS) is 23.9. The van der Waals surface area contributed by atoms with Gasteiger partial charge in [-0.05, 0) is 44.6 Å². The Morgan fingerprint density at radius 3 is 2.63 bits per heavy atom. The van der Waals surface area contributed by atoms with E-state index in [0.29, 0.717) is 11.9 Å². The standard InChI is InChI=1S/C16H32N2O/c1-6-8-12-18(13(3)7-2)15(19)14-16(4,5)10-9-11-17-14/h13-14,17H,6-12H2,1-5H3. The number of hydrogen-bond acceptors (Lipinski definition) is 2. The Hall–Kier alpha value is -0.570. The molecule has 2 unspecified atom stereocenters. The zero-order valence-electron chi connectivity index (χ0n) is 13.5. The van der Waals surface area contributed by atoms with E-state index >= 15 is 0 Å². The van der Waals surface area contributed by atoms with Gasteiger partial charge in [0.15, 0.2) is 0 Å². The maximum absolute atomic E-state index is 12.9. The van der Waals surface area contributed by atoms with E-state index in [1.165, 1.54) is 6.42 Å². The average Bonchev–Trinajstić information content (AvgIpc) is 2.38. The lowest BCUT2D eigenvalue weighted by molar-refractivity contribution is -0.139. The summed E-state index contributed by atoms with van der Waals surface area (Å²) in [5.41, 5.74) is 0.0766. The summed E-state index contributed by atoms with van der Waals surface area (Å²) in [5, 5.41) is 3.45. The second-order valence-electron chi connectivity index (χ2n) is 6.62. The topological polar surface area (TPSA) is 32.3 Å². The molecule has 1 fully saturated rings. The van der Waals surface area contributed by atoms with Crippen LogP contribution >= 0.6 is 0 Å². The highest BCUT2D eigenvalue weighted by Gasteiger charge is 2.39. The number of nitrogens with one attached hydrogen (secondary N) is 1. The highest BCUT2D eigenvalue weighted by atomic mass is 16.2. The first kappa shape index (κ1) is 16.5. The van der Waals surface area contributed by atoms with E-state index in [2.05, 4.69) is 44.8 Å². The van der Waals surface area contributed by atoms with Gasteiger partial charge in [-0.2, -0.15) is 0 Å². The number of amides is 1. The quantitative estimate of drug-likeness (QED) is 0.802. The molecule has 0 spiro atoms. The molecule has 0 aromatic carbocycles. The third-order valence-electron chi connectivity index (χ3n) is 4.53. The summed E-state index contributed by atoms with van der Waals surface area (Å²) in [6, 6.07) is 0.339. The van der Waals surface area contributed by atoms with E-state index in [1.807, 2.05) is 0 Å². The van der Waals surface area contributed by atoms with Crippen molar-refractivity contribution in [2.45, 2.75) is 78.8 Å². The minimum atomic E-state index is -0.00731. The van der Waals surface area contributed by atoms with E-state index in [9.17, 15) is 4.79 Å². The highest BCUT2D eigenvalue weighted by molar-refractivity contribution is 5.83. The van der Waals surface area contributed by atoms with Gasteiger partial charge in [-0.1, -0.05) is 34.1 Å². The van der Waals surface area contributed by atoms with Crippen LogP contribution in [0.15, 0.2) is 0 Å². The first-order valence-corrected chi connectivity index (χ1v) is 7.98. The summed E-state index contributed by atoms with van der Waals surface area (Å²) in [5.74, 6) is 0.313. The monoisotopic (exact) mass is 268 g/mol. The summed E-state index contributed by atoms with van der Waals surface area (Å²) in [4.78, 5) is 15.0. The molecule has 0 bridgehead atoms. The summed E-state index contributed by atoms with van der Waals surface area (Å²) < 4.78 is 0. The van der Waals surface area contributed by atoms with Gasteiger partial charge in [0.2, 0.25) is 5.91 Å². The summed E-state index contributed by atoms with van der Waals surface area (Å²) in [7, 11) is 0. The Labute approximate surface area is 119 Å². The lowest BCUT2D eigenvalue weighted by atomic mass is 9.77. The molecule has 19 heavy (non-hydrogen) atoms. The molecular weight excluding hydrogens is 236 g/mol. The van der Waals surface area contributed by atoms with E-state index < -0.39 is 0 Å². The Morgan fingerprint density at radius 1 is 1.42 bits per heavy atom. The van der Waals surface area contributed by atoms with Crippen molar-refractivity contribution < 1.29 is 4.79 Å². The summed E-state index contributed by atoms with van der Waals surface area (Å²) >= 11 is 0. The van der Waals surface area contributed by atoms with Gasteiger partial charge in [0.05, 0.1) is 6.04 Å². The molecule has 3 heteroatoms. The zero-order valence-corrected chi connectivity index (χ0v) is 13.5. The van der Waals surface area contributed by atoms with E-state index in [-0.39, 0.29) is 11.5 Å². The van der Waals surface area contributed by atoms with Crippen LogP contribution < -0.4 is 5.32 Å². The number of unbranched alkanes of at least 4 members (excludes halogenated alkanes) is 1. The first-order chi connectivity index (χ1) is 8.94. The Bertz CT molecular complexity index is 288. The zero-order chi connectivity index (χ0) is 14.5. The van der Waals surface area contributed by atoms with E-state index in [0.717, 1.165) is 38.8 Å². The maximum atomic E-state index is 12.9. The van der Waals surface area contributed by atoms with Crippen LogP contribution in [0.4, 0.5) is 0 Å². The van der Waals surface area contributed by atoms with Gasteiger partial charge in [-0.25, -0.2) is 0 Å². The molecule has 0 aromatic rings. The minimum absolute atomic E-state index is 0.00731. The van der Waals surface area contributed by atoms with Crippen molar-refractivity contribution in [1.82, 2.24) is 10.2 Å². The lowest BCUT2D eigenvalue weighted by Crippen LogP contribution is -2.58. The molecule has 0 saturated carbocycles. The van der Waals surface area contributed by atoms with Crippen molar-refractivity contribution in [3.8, 4) is 0 Å². The van der Waals surface area contributed by atoms with Crippen molar-refractivity contribution in [1.29, 1.82) is 0 Å². The molecule has 1 heterocycles. The molecule has 1 aliphatic rings. The molecule has 0 aliphatic carbocycles. The van der Waals surface area contributed by atoms with Gasteiger partial charge < -0.3 is 10.2 Å². The average molecular weight is 268 g/mol. The van der Waals surface area contributed by atoms with Crippen molar-refractivity contribution in [2.75, 3.05) is 13.1 Å². The molecule has 1 saturated heterocycles. The number of piperidine rings is 1. The van der Waals surface area contributed by atoms with Gasteiger partial charge in [0, 0.05) is 12.6 Å². The number of nitrogens with zero attached hydrogens (tertiary/aromatic N) is 1. The van der Waals surface area contributed by atoms with E-state index in [4.69, 9.17) is 0 Å². The van der Waals surface area contributed by atoms with Crippen LogP contribution in [0.25, 0.3) is 0 Å². The molecule has 1 rings (SSSR count). The van der Waals surface area contributed by atoms with Gasteiger partial charge in [0.25, 0.3) is 0 Å². The van der Waals surface area contributed by atoms with Crippen LogP contribution in [-0.4, -0.2) is 36.0 Å². The Morgan fingerprint density at radius 2 is 2.11 bits per heavy atom. The molecule has 1 aliphatic heterocycles.